The van der Waals surface area contributed by atoms with Crippen LogP contribution in [0.4, 0.5) is 21.7 Å². The first-order valence-corrected chi connectivity index (χ1v) is 11.1. The lowest BCUT2D eigenvalue weighted by atomic mass is 9.49. The van der Waals surface area contributed by atoms with Crippen LogP contribution in [0.1, 0.15) is 24.8 Å². The van der Waals surface area contributed by atoms with Crippen LogP contribution in [-0.2, 0) is 5.54 Å². The SMILES string of the molecule is COc1cc(F)c([N+](=O)[O-])cc1Nc1ncc(C#N)c(-c2cn(C34CC(C3)C4)c3ccccc23)n1. The highest BCUT2D eigenvalue weighted by Gasteiger charge is 2.58. The molecule has 3 fully saturated rings. The van der Waals surface area contributed by atoms with E-state index in [1.165, 1.54) is 13.3 Å². The zero-order valence-electron chi connectivity index (χ0n) is 18.7. The highest BCUT2D eigenvalue weighted by atomic mass is 19.1. The van der Waals surface area contributed by atoms with Gasteiger partial charge in [0.15, 0.2) is 0 Å². The quantitative estimate of drug-likeness (QED) is 0.301. The number of aromatic nitrogens is 3. The van der Waals surface area contributed by atoms with Gasteiger partial charge in [0.2, 0.25) is 11.8 Å². The minimum atomic E-state index is -1.01. The van der Waals surface area contributed by atoms with Crippen molar-refractivity contribution in [2.24, 2.45) is 5.92 Å². The molecule has 3 aliphatic rings. The molecule has 0 aliphatic heterocycles. The number of halogens is 1. The van der Waals surface area contributed by atoms with Crippen molar-refractivity contribution in [3.63, 3.8) is 0 Å². The number of nitrogens with one attached hydrogen (secondary N) is 1. The molecule has 3 saturated carbocycles. The normalized spacial score (nSPS) is 20.0. The number of rotatable bonds is 6. The molecule has 4 aromatic rings. The standard InChI is InChI=1S/C25H19FN6O3/c1-35-22-6-18(26)21(32(33)34)7-19(22)29-24-28-12-15(11-27)23(30-24)17-13-31(25-8-14(9-25)10-25)20-5-3-2-4-16(17)20/h2-7,12-14H,8-10H2,1H3,(H,28,29,30). The molecule has 2 bridgehead atoms. The molecule has 174 valence electrons. The molecule has 0 amide bonds. The van der Waals surface area contributed by atoms with Gasteiger partial charge < -0.3 is 14.6 Å². The lowest BCUT2D eigenvalue weighted by Gasteiger charge is -2.62. The summed E-state index contributed by atoms with van der Waals surface area (Å²) in [6.07, 6.45) is 6.96. The zero-order valence-corrected chi connectivity index (χ0v) is 18.7. The summed E-state index contributed by atoms with van der Waals surface area (Å²) in [6.45, 7) is 0. The summed E-state index contributed by atoms with van der Waals surface area (Å²) in [7, 11) is 1.33. The molecule has 1 N–H and O–H groups in total. The zero-order chi connectivity index (χ0) is 24.3. The third-order valence-electron chi connectivity index (χ3n) is 7.11. The molecule has 0 spiro atoms. The van der Waals surface area contributed by atoms with Crippen LogP contribution in [0.3, 0.4) is 0 Å². The number of nitro benzene ring substituents is 1. The Bertz CT molecular complexity index is 1560. The van der Waals surface area contributed by atoms with Crippen molar-refractivity contribution in [2.45, 2.75) is 24.8 Å². The number of methoxy groups -OCH3 is 1. The summed E-state index contributed by atoms with van der Waals surface area (Å²) in [4.78, 5) is 19.2. The summed E-state index contributed by atoms with van der Waals surface area (Å²) in [5.74, 6) is -0.0532. The van der Waals surface area contributed by atoms with Gasteiger partial charge in [-0.3, -0.25) is 10.1 Å². The average Bonchev–Trinajstić information content (AvgIpc) is 3.17. The number of para-hydroxylation sites is 1. The second-order valence-electron chi connectivity index (χ2n) is 9.09. The second-order valence-corrected chi connectivity index (χ2v) is 9.09. The molecule has 0 radical (unpaired) electrons. The maximum atomic E-state index is 14.1. The van der Waals surface area contributed by atoms with Crippen LogP contribution in [0.25, 0.3) is 22.2 Å². The summed E-state index contributed by atoms with van der Waals surface area (Å²) < 4.78 is 21.6. The van der Waals surface area contributed by atoms with Crippen molar-refractivity contribution in [1.82, 2.24) is 14.5 Å². The van der Waals surface area contributed by atoms with Gasteiger partial charge in [-0.25, -0.2) is 9.97 Å². The van der Waals surface area contributed by atoms with E-state index >= 15 is 0 Å². The predicted octanol–water partition coefficient (Wildman–Crippen LogP) is 5.28. The molecule has 2 aromatic heterocycles. The van der Waals surface area contributed by atoms with E-state index in [4.69, 9.17) is 4.74 Å². The molecule has 2 aromatic carbocycles. The third-order valence-corrected chi connectivity index (χ3v) is 7.11. The van der Waals surface area contributed by atoms with E-state index in [9.17, 15) is 19.8 Å². The number of nitro groups is 1. The van der Waals surface area contributed by atoms with Gasteiger partial charge in [-0.1, -0.05) is 18.2 Å². The van der Waals surface area contributed by atoms with Gasteiger partial charge in [0.25, 0.3) is 0 Å². The Hall–Kier alpha value is -4.52. The Labute approximate surface area is 199 Å². The first kappa shape index (κ1) is 21.0. The van der Waals surface area contributed by atoms with Crippen LogP contribution in [0.5, 0.6) is 5.75 Å². The van der Waals surface area contributed by atoms with Gasteiger partial charge in [0.1, 0.15) is 11.8 Å². The fourth-order valence-corrected chi connectivity index (χ4v) is 5.29. The number of nitrogens with zero attached hydrogens (tertiary/aromatic N) is 5. The highest BCUT2D eigenvalue weighted by molar-refractivity contribution is 5.96. The fraction of sp³-hybridized carbons (Fsp3) is 0.240. The van der Waals surface area contributed by atoms with Crippen LogP contribution < -0.4 is 10.1 Å². The largest absolute Gasteiger partial charge is 0.494 e. The Balaban J connectivity index is 1.46. The summed E-state index contributed by atoms with van der Waals surface area (Å²) in [5.41, 5.74) is 2.22. The van der Waals surface area contributed by atoms with E-state index in [1.807, 2.05) is 18.2 Å². The molecule has 0 saturated heterocycles. The molecule has 0 unspecified atom stereocenters. The Morgan fingerprint density at radius 1 is 1.31 bits per heavy atom. The lowest BCUT2D eigenvalue weighted by Crippen LogP contribution is -2.58. The minimum absolute atomic E-state index is 0.0582. The molecule has 2 heterocycles. The first-order chi connectivity index (χ1) is 16.9. The van der Waals surface area contributed by atoms with Crippen LogP contribution >= 0.6 is 0 Å². The first-order valence-electron chi connectivity index (χ1n) is 11.1. The summed E-state index contributed by atoms with van der Waals surface area (Å²) in [6, 6.07) is 12.2. The van der Waals surface area contributed by atoms with E-state index in [0.717, 1.165) is 53.8 Å². The number of ether oxygens (including phenoxy) is 1. The number of benzene rings is 2. The van der Waals surface area contributed by atoms with Crippen LogP contribution in [0.2, 0.25) is 0 Å². The second kappa shape index (κ2) is 7.50. The third kappa shape index (κ3) is 3.12. The van der Waals surface area contributed by atoms with Gasteiger partial charge in [0.05, 0.1) is 35.2 Å². The maximum Gasteiger partial charge on any atom is 0.307 e. The van der Waals surface area contributed by atoms with E-state index in [1.54, 1.807) is 0 Å². The molecule has 0 atom stereocenters. The van der Waals surface area contributed by atoms with Crippen LogP contribution in [0, 0.1) is 33.2 Å². The van der Waals surface area contributed by atoms with E-state index in [2.05, 4.69) is 38.2 Å². The molecule has 3 aliphatic carbocycles. The van der Waals surface area contributed by atoms with Crippen LogP contribution in [-0.4, -0.2) is 26.6 Å². The van der Waals surface area contributed by atoms with E-state index in [0.29, 0.717) is 11.3 Å². The monoisotopic (exact) mass is 470 g/mol. The lowest BCUT2D eigenvalue weighted by molar-refractivity contribution is -0.387. The fourth-order valence-electron chi connectivity index (χ4n) is 5.29. The van der Waals surface area contributed by atoms with E-state index < -0.39 is 16.4 Å². The number of hydrogen-bond acceptors (Lipinski definition) is 7. The molecular formula is C25H19FN6O3. The van der Waals surface area contributed by atoms with Crippen molar-refractivity contribution in [1.29, 1.82) is 5.26 Å². The topological polar surface area (TPSA) is 119 Å². The van der Waals surface area contributed by atoms with Gasteiger partial charge >= 0.3 is 5.69 Å². The average molecular weight is 470 g/mol. The number of fused-ring (bicyclic) bond motifs is 1. The highest BCUT2D eigenvalue weighted by Crippen LogP contribution is 2.63. The molecular weight excluding hydrogens is 451 g/mol. The number of nitriles is 1. The van der Waals surface area contributed by atoms with Crippen molar-refractivity contribution in [3.05, 3.63) is 70.3 Å². The predicted molar refractivity (Wildman–Crippen MR) is 126 cm³/mol. The van der Waals surface area contributed by atoms with Gasteiger partial charge in [-0.05, 0) is 31.2 Å². The van der Waals surface area contributed by atoms with Gasteiger partial charge in [0, 0.05) is 40.3 Å². The summed E-state index contributed by atoms with van der Waals surface area (Å²) in [5, 5.41) is 24.9. The van der Waals surface area contributed by atoms with Crippen molar-refractivity contribution >= 4 is 28.2 Å². The van der Waals surface area contributed by atoms with Crippen molar-refractivity contribution in [3.8, 4) is 23.1 Å². The Morgan fingerprint density at radius 3 is 2.74 bits per heavy atom. The van der Waals surface area contributed by atoms with E-state index in [-0.39, 0.29) is 22.9 Å². The molecule has 10 heteroatoms. The maximum absolute atomic E-state index is 14.1. The Kier molecular flexibility index (Phi) is 4.51. The summed E-state index contributed by atoms with van der Waals surface area (Å²) >= 11 is 0. The molecule has 7 rings (SSSR count). The van der Waals surface area contributed by atoms with Gasteiger partial charge in [-0.2, -0.15) is 9.65 Å². The van der Waals surface area contributed by atoms with Crippen molar-refractivity contribution in [2.75, 3.05) is 12.4 Å². The molecule has 35 heavy (non-hydrogen) atoms. The van der Waals surface area contributed by atoms with Crippen molar-refractivity contribution < 1.29 is 14.1 Å². The van der Waals surface area contributed by atoms with Gasteiger partial charge in [-0.15, -0.1) is 0 Å². The number of hydrogen-bond donors (Lipinski definition) is 1. The Morgan fingerprint density at radius 2 is 2.09 bits per heavy atom. The number of anilines is 2. The molecule has 9 nitrogen and oxygen atoms in total. The van der Waals surface area contributed by atoms with Crippen LogP contribution in [0.15, 0.2) is 48.8 Å². The smallest absolute Gasteiger partial charge is 0.307 e. The minimum Gasteiger partial charge on any atom is -0.494 e.